The van der Waals surface area contributed by atoms with Crippen molar-refractivity contribution in [2.45, 2.75) is 22.8 Å². The number of thioether (sulfide) groups is 1. The highest BCUT2D eigenvalue weighted by atomic mass is 32.2. The quantitative estimate of drug-likeness (QED) is 0.786. The molecule has 0 aliphatic carbocycles. The molecule has 1 aromatic heterocycles. The lowest BCUT2D eigenvalue weighted by Gasteiger charge is -2.29. The Morgan fingerprint density at radius 3 is 2.65 bits per heavy atom. The molecular formula is C17H22N4O3S2. The van der Waals surface area contributed by atoms with Gasteiger partial charge >= 0.3 is 0 Å². The number of amides is 1. The van der Waals surface area contributed by atoms with Gasteiger partial charge in [0.1, 0.15) is 0 Å². The molecule has 0 bridgehead atoms. The zero-order valence-electron chi connectivity index (χ0n) is 14.8. The van der Waals surface area contributed by atoms with E-state index >= 15 is 0 Å². The van der Waals surface area contributed by atoms with Gasteiger partial charge in [0.15, 0.2) is 5.03 Å². The van der Waals surface area contributed by atoms with Gasteiger partial charge < -0.3 is 9.88 Å². The van der Waals surface area contributed by atoms with E-state index in [9.17, 15) is 13.2 Å². The summed E-state index contributed by atoms with van der Waals surface area (Å²) >= 11 is 1.62. The van der Waals surface area contributed by atoms with E-state index in [0.717, 1.165) is 10.6 Å². The molecule has 1 aromatic carbocycles. The third-order valence-electron chi connectivity index (χ3n) is 4.45. The maximum absolute atomic E-state index is 12.6. The summed E-state index contributed by atoms with van der Waals surface area (Å²) < 4.78 is 28.2. The number of carbonyl (C=O) groups excluding carboxylic acids is 1. The molecule has 26 heavy (non-hydrogen) atoms. The second kappa shape index (κ2) is 7.81. The summed E-state index contributed by atoms with van der Waals surface area (Å²) in [5, 5.41) is 2.99. The Balaban J connectivity index is 1.60. The number of aromatic nitrogens is 2. The molecule has 2 aromatic rings. The first-order valence-corrected chi connectivity index (χ1v) is 11.0. The van der Waals surface area contributed by atoms with Crippen LogP contribution in [-0.2, 0) is 21.9 Å². The smallest absolute Gasteiger partial charge is 0.262 e. The average molecular weight is 395 g/mol. The van der Waals surface area contributed by atoms with Gasteiger partial charge in [-0.25, -0.2) is 13.4 Å². The van der Waals surface area contributed by atoms with Crippen LogP contribution in [0.5, 0.6) is 0 Å². The number of rotatable bonds is 5. The number of imidazole rings is 1. The van der Waals surface area contributed by atoms with E-state index in [0.29, 0.717) is 25.9 Å². The molecule has 0 unspecified atom stereocenters. The molecule has 1 saturated heterocycles. The molecular weight excluding hydrogens is 372 g/mol. The molecule has 0 radical (unpaired) electrons. The molecule has 1 amide bonds. The molecule has 0 atom stereocenters. The molecule has 1 N–H and O–H groups in total. The Kier molecular flexibility index (Phi) is 5.69. The van der Waals surface area contributed by atoms with Gasteiger partial charge in [0.25, 0.3) is 10.0 Å². The topological polar surface area (TPSA) is 84.3 Å². The van der Waals surface area contributed by atoms with E-state index < -0.39 is 10.0 Å². The molecule has 0 saturated carbocycles. The molecule has 9 heteroatoms. The van der Waals surface area contributed by atoms with Crippen molar-refractivity contribution in [1.82, 2.24) is 13.9 Å². The fourth-order valence-electron chi connectivity index (χ4n) is 2.96. The lowest BCUT2D eigenvalue weighted by Crippen LogP contribution is -2.41. The number of nitrogens with one attached hydrogen (secondary N) is 1. The summed E-state index contributed by atoms with van der Waals surface area (Å²) in [4.78, 5) is 17.5. The number of nitrogens with zero attached hydrogens (tertiary/aromatic N) is 3. The van der Waals surface area contributed by atoms with E-state index in [1.807, 2.05) is 30.5 Å². The predicted octanol–water partition coefficient (Wildman–Crippen LogP) is 2.18. The van der Waals surface area contributed by atoms with E-state index in [4.69, 9.17) is 0 Å². The normalized spacial score (nSPS) is 16.5. The van der Waals surface area contributed by atoms with Gasteiger partial charge in [-0.2, -0.15) is 4.31 Å². The zero-order valence-corrected chi connectivity index (χ0v) is 16.4. The second-order valence-corrected chi connectivity index (χ2v) is 9.04. The van der Waals surface area contributed by atoms with Crippen molar-refractivity contribution in [3.05, 3.63) is 36.8 Å². The highest BCUT2D eigenvalue weighted by Gasteiger charge is 2.33. The summed E-state index contributed by atoms with van der Waals surface area (Å²) in [5.74, 6) is -0.249. The Bertz CT molecular complexity index is 887. The fraction of sp³-hybridized carbons (Fsp3) is 0.412. The van der Waals surface area contributed by atoms with Gasteiger partial charge in [0, 0.05) is 42.8 Å². The Morgan fingerprint density at radius 1 is 1.31 bits per heavy atom. The van der Waals surface area contributed by atoms with Gasteiger partial charge in [-0.3, -0.25) is 4.79 Å². The second-order valence-electron chi connectivity index (χ2n) is 6.28. The van der Waals surface area contributed by atoms with Crippen LogP contribution in [0.4, 0.5) is 5.69 Å². The van der Waals surface area contributed by atoms with Crippen molar-refractivity contribution in [2.24, 2.45) is 13.0 Å². The average Bonchev–Trinajstić information content (AvgIpc) is 3.09. The van der Waals surface area contributed by atoms with Crippen molar-refractivity contribution >= 4 is 33.4 Å². The van der Waals surface area contributed by atoms with E-state index in [1.165, 1.54) is 16.8 Å². The first-order valence-electron chi connectivity index (χ1n) is 8.33. The van der Waals surface area contributed by atoms with Crippen molar-refractivity contribution in [1.29, 1.82) is 0 Å². The van der Waals surface area contributed by atoms with Crippen LogP contribution >= 0.6 is 11.8 Å². The molecule has 1 aliphatic heterocycles. The van der Waals surface area contributed by atoms with Gasteiger partial charge in [0.05, 0.1) is 6.33 Å². The Labute approximate surface area is 157 Å². The summed E-state index contributed by atoms with van der Waals surface area (Å²) in [7, 11) is -1.86. The van der Waals surface area contributed by atoms with E-state index in [-0.39, 0.29) is 16.9 Å². The van der Waals surface area contributed by atoms with Crippen molar-refractivity contribution in [2.75, 3.05) is 24.7 Å². The highest BCUT2D eigenvalue weighted by Crippen LogP contribution is 2.25. The number of carbonyl (C=O) groups is 1. The van der Waals surface area contributed by atoms with Crippen LogP contribution < -0.4 is 5.32 Å². The van der Waals surface area contributed by atoms with Crippen LogP contribution in [0.2, 0.25) is 0 Å². The molecule has 2 heterocycles. The third kappa shape index (κ3) is 4.11. The van der Waals surface area contributed by atoms with Gasteiger partial charge in [-0.05, 0) is 37.3 Å². The molecule has 3 rings (SSSR count). The number of hydrogen-bond acceptors (Lipinski definition) is 5. The maximum Gasteiger partial charge on any atom is 0.262 e. The van der Waals surface area contributed by atoms with Crippen molar-refractivity contribution in [3.63, 3.8) is 0 Å². The number of piperidine rings is 1. The van der Waals surface area contributed by atoms with Crippen LogP contribution in [0.25, 0.3) is 0 Å². The Hall–Kier alpha value is -1.84. The minimum absolute atomic E-state index is 0.0526. The monoisotopic (exact) mass is 394 g/mol. The van der Waals surface area contributed by atoms with Gasteiger partial charge in [-0.1, -0.05) is 6.07 Å². The standard InChI is InChI=1S/C17H22N4O3S2/c1-20-11-16(18-12-20)26(23,24)21-8-6-13(7-9-21)17(22)19-14-4-3-5-15(10-14)25-2/h3-5,10-13H,6-9H2,1-2H3,(H,19,22). The number of sulfonamides is 1. The van der Waals surface area contributed by atoms with Crippen molar-refractivity contribution < 1.29 is 13.2 Å². The van der Waals surface area contributed by atoms with Gasteiger partial charge in [-0.15, -0.1) is 11.8 Å². The van der Waals surface area contributed by atoms with Crippen LogP contribution in [0, 0.1) is 5.92 Å². The lowest BCUT2D eigenvalue weighted by atomic mass is 9.97. The number of hydrogen-bond donors (Lipinski definition) is 1. The molecule has 140 valence electrons. The minimum atomic E-state index is -3.59. The zero-order chi connectivity index (χ0) is 18.7. The summed E-state index contributed by atoms with van der Waals surface area (Å²) in [6, 6.07) is 7.69. The summed E-state index contributed by atoms with van der Waals surface area (Å²) in [6.45, 7) is 0.643. The summed E-state index contributed by atoms with van der Waals surface area (Å²) in [6.07, 6.45) is 5.95. The largest absolute Gasteiger partial charge is 0.339 e. The minimum Gasteiger partial charge on any atom is -0.339 e. The SMILES string of the molecule is CSc1cccc(NC(=O)C2CCN(S(=O)(=O)c3cn(C)cn3)CC2)c1. The number of aryl methyl sites for hydroxylation is 1. The van der Waals surface area contributed by atoms with E-state index in [2.05, 4.69) is 10.3 Å². The maximum atomic E-state index is 12.6. The molecule has 1 fully saturated rings. The molecule has 1 aliphatic rings. The molecule has 0 spiro atoms. The third-order valence-corrected chi connectivity index (χ3v) is 6.96. The van der Waals surface area contributed by atoms with Crippen LogP contribution in [-0.4, -0.2) is 47.5 Å². The fourth-order valence-corrected chi connectivity index (χ4v) is 4.85. The Morgan fingerprint density at radius 2 is 2.04 bits per heavy atom. The van der Waals surface area contributed by atoms with Crippen LogP contribution in [0.1, 0.15) is 12.8 Å². The highest BCUT2D eigenvalue weighted by molar-refractivity contribution is 7.98. The predicted molar refractivity (Wildman–Crippen MR) is 102 cm³/mol. The first kappa shape index (κ1) is 18.9. The lowest BCUT2D eigenvalue weighted by molar-refractivity contribution is -0.120. The van der Waals surface area contributed by atoms with Crippen LogP contribution in [0.3, 0.4) is 0 Å². The number of benzene rings is 1. The number of anilines is 1. The summed E-state index contributed by atoms with van der Waals surface area (Å²) in [5.41, 5.74) is 0.769. The van der Waals surface area contributed by atoms with Crippen LogP contribution in [0.15, 0.2) is 46.7 Å². The first-order chi connectivity index (χ1) is 12.4. The van der Waals surface area contributed by atoms with Gasteiger partial charge in [0.2, 0.25) is 5.91 Å². The van der Waals surface area contributed by atoms with E-state index in [1.54, 1.807) is 23.4 Å². The van der Waals surface area contributed by atoms with Crippen molar-refractivity contribution in [3.8, 4) is 0 Å². The molecule has 7 nitrogen and oxygen atoms in total.